The SMILES string of the molecule is CC(C)(C)OC(=O)N[C@@H](Cc1ccc(O)c(O)c1)C(N)=O.Cc1ccc(C(=O)Oc2ccc(C[C@H](NC(=O)OC(C)(C)C)C(N)=O)cc2OC(=O)c2ccc(C)cc2)cc1. The molecule has 4 amide bonds. The number of nitrogens with two attached hydrogens (primary N) is 2. The summed E-state index contributed by atoms with van der Waals surface area (Å²) in [6.07, 6.45) is -1.52. The number of carbonyl (C=O) groups excluding carboxylic acids is 6. The molecule has 320 valence electrons. The molecule has 0 aliphatic carbocycles. The van der Waals surface area contributed by atoms with E-state index < -0.39 is 59.2 Å². The van der Waals surface area contributed by atoms with Gasteiger partial charge in [-0.1, -0.05) is 47.5 Å². The summed E-state index contributed by atoms with van der Waals surface area (Å²) < 4.78 is 21.4. The molecule has 4 aromatic rings. The van der Waals surface area contributed by atoms with Crippen molar-refractivity contribution in [2.45, 2.75) is 91.5 Å². The Kier molecular flexibility index (Phi) is 16.2. The molecule has 0 saturated heterocycles. The first-order valence-electron chi connectivity index (χ1n) is 18.7. The summed E-state index contributed by atoms with van der Waals surface area (Å²) in [5, 5.41) is 23.5. The molecule has 0 spiro atoms. The summed E-state index contributed by atoms with van der Waals surface area (Å²) in [5.41, 5.74) is 12.9. The van der Waals surface area contributed by atoms with Crippen molar-refractivity contribution in [3.8, 4) is 23.0 Å². The van der Waals surface area contributed by atoms with Gasteiger partial charge in [-0.3, -0.25) is 9.59 Å². The largest absolute Gasteiger partial charge is 0.504 e. The first kappa shape index (κ1) is 47.3. The lowest BCUT2D eigenvalue weighted by atomic mass is 10.0. The van der Waals surface area contributed by atoms with Crippen LogP contribution in [0.25, 0.3) is 0 Å². The Morgan fingerprint density at radius 3 is 1.32 bits per heavy atom. The molecule has 0 aromatic heterocycles. The fourth-order valence-electron chi connectivity index (χ4n) is 5.05. The molecule has 4 aromatic carbocycles. The van der Waals surface area contributed by atoms with Crippen LogP contribution in [0.5, 0.6) is 23.0 Å². The second-order valence-electron chi connectivity index (χ2n) is 15.7. The van der Waals surface area contributed by atoms with Crippen LogP contribution in [-0.2, 0) is 31.9 Å². The summed E-state index contributed by atoms with van der Waals surface area (Å²) in [6, 6.07) is 20.1. The molecular weight excluding hydrogens is 776 g/mol. The van der Waals surface area contributed by atoms with Gasteiger partial charge in [0.2, 0.25) is 11.8 Å². The van der Waals surface area contributed by atoms with Gasteiger partial charge < -0.3 is 51.3 Å². The maximum atomic E-state index is 12.9. The lowest BCUT2D eigenvalue weighted by Crippen LogP contribution is -2.47. The maximum absolute atomic E-state index is 12.9. The van der Waals surface area contributed by atoms with Crippen molar-refractivity contribution < 1.29 is 57.9 Å². The van der Waals surface area contributed by atoms with E-state index in [-0.39, 0.29) is 35.8 Å². The van der Waals surface area contributed by atoms with Crippen molar-refractivity contribution in [1.29, 1.82) is 0 Å². The number of primary amides is 2. The number of ether oxygens (including phenoxy) is 4. The average Bonchev–Trinajstić information content (AvgIpc) is 3.12. The molecule has 2 atom stereocenters. The summed E-state index contributed by atoms with van der Waals surface area (Å²) in [7, 11) is 0. The fourth-order valence-corrected chi connectivity index (χ4v) is 5.05. The Hall–Kier alpha value is -7.10. The van der Waals surface area contributed by atoms with Gasteiger partial charge in [0.15, 0.2) is 23.0 Å². The number of carbonyl (C=O) groups is 6. The summed E-state index contributed by atoms with van der Waals surface area (Å²) in [6.45, 7) is 14.0. The maximum Gasteiger partial charge on any atom is 0.408 e. The molecule has 0 radical (unpaired) electrons. The number of phenolic OH excluding ortho intramolecular Hbond substituents is 2. The van der Waals surface area contributed by atoms with Crippen LogP contribution in [0.4, 0.5) is 9.59 Å². The minimum absolute atomic E-state index is 0.000475. The molecule has 60 heavy (non-hydrogen) atoms. The van der Waals surface area contributed by atoms with Crippen LogP contribution in [0, 0.1) is 13.8 Å². The number of hydrogen-bond acceptors (Lipinski definition) is 12. The highest BCUT2D eigenvalue weighted by Gasteiger charge is 2.26. The Morgan fingerprint density at radius 2 is 0.933 bits per heavy atom. The van der Waals surface area contributed by atoms with Gasteiger partial charge in [0.05, 0.1) is 11.1 Å². The smallest absolute Gasteiger partial charge is 0.408 e. The topological polar surface area (TPSA) is 256 Å². The van der Waals surface area contributed by atoms with Crippen molar-refractivity contribution in [3.05, 3.63) is 118 Å². The van der Waals surface area contributed by atoms with E-state index in [4.69, 9.17) is 30.4 Å². The molecule has 0 aliphatic rings. The van der Waals surface area contributed by atoms with E-state index >= 15 is 0 Å². The summed E-state index contributed by atoms with van der Waals surface area (Å²) in [4.78, 5) is 73.0. The molecule has 0 fully saturated rings. The Morgan fingerprint density at radius 1 is 0.550 bits per heavy atom. The van der Waals surface area contributed by atoms with Crippen LogP contribution >= 0.6 is 0 Å². The van der Waals surface area contributed by atoms with Crippen molar-refractivity contribution in [2.75, 3.05) is 0 Å². The Bertz CT molecular complexity index is 2170. The lowest BCUT2D eigenvalue weighted by molar-refractivity contribution is -0.120. The molecule has 0 bridgehead atoms. The van der Waals surface area contributed by atoms with Gasteiger partial charge >= 0.3 is 24.1 Å². The molecule has 0 unspecified atom stereocenters. The molecule has 0 heterocycles. The number of benzene rings is 4. The predicted octanol–water partition coefficient (Wildman–Crippen LogP) is 5.68. The zero-order chi connectivity index (χ0) is 44.9. The van der Waals surface area contributed by atoms with Crippen molar-refractivity contribution in [2.24, 2.45) is 11.5 Å². The van der Waals surface area contributed by atoms with Crippen LogP contribution in [0.3, 0.4) is 0 Å². The van der Waals surface area contributed by atoms with E-state index in [0.29, 0.717) is 22.3 Å². The number of hydrogen-bond donors (Lipinski definition) is 6. The number of esters is 2. The van der Waals surface area contributed by atoms with E-state index in [1.165, 1.54) is 30.3 Å². The third-order valence-corrected chi connectivity index (χ3v) is 7.98. The van der Waals surface area contributed by atoms with Crippen molar-refractivity contribution in [3.63, 3.8) is 0 Å². The first-order valence-corrected chi connectivity index (χ1v) is 18.7. The monoisotopic (exact) mass is 828 g/mol. The molecule has 0 aliphatic heterocycles. The number of nitrogens with one attached hydrogen (secondary N) is 2. The summed E-state index contributed by atoms with van der Waals surface area (Å²) in [5.74, 6) is -3.44. The molecule has 4 rings (SSSR count). The normalized spacial score (nSPS) is 12.0. The lowest BCUT2D eigenvalue weighted by Gasteiger charge is -2.22. The first-order chi connectivity index (χ1) is 27.9. The highest BCUT2D eigenvalue weighted by Crippen LogP contribution is 2.31. The molecule has 16 nitrogen and oxygen atoms in total. The zero-order valence-corrected chi connectivity index (χ0v) is 34.8. The van der Waals surface area contributed by atoms with E-state index in [0.717, 1.165) is 11.1 Å². The van der Waals surface area contributed by atoms with Gasteiger partial charge in [-0.2, -0.15) is 0 Å². The average molecular weight is 829 g/mol. The Balaban J connectivity index is 0.000000386. The number of amides is 4. The van der Waals surface area contributed by atoms with Gasteiger partial charge in [-0.25, -0.2) is 19.2 Å². The van der Waals surface area contributed by atoms with Gasteiger partial charge in [-0.15, -0.1) is 0 Å². The van der Waals surface area contributed by atoms with Crippen molar-refractivity contribution >= 4 is 35.9 Å². The van der Waals surface area contributed by atoms with E-state index in [9.17, 15) is 39.0 Å². The number of aryl methyl sites for hydroxylation is 2. The fraction of sp³-hybridized carbons (Fsp3) is 0.318. The molecule has 8 N–H and O–H groups in total. The van der Waals surface area contributed by atoms with Crippen LogP contribution in [0.1, 0.15) is 84.5 Å². The number of aromatic hydroxyl groups is 2. The van der Waals surface area contributed by atoms with Crippen LogP contribution in [0.2, 0.25) is 0 Å². The van der Waals surface area contributed by atoms with Gasteiger partial charge in [-0.05, 0) is 115 Å². The number of phenols is 2. The standard InChI is InChI=1S/C30H32N2O7.C14H20N2O5/c1-18-6-11-21(12-7-18)27(34)37-24-15-10-20(16-23(26(31)33)32-29(36)39-30(3,4)5)17-25(24)38-28(35)22-13-8-19(2)9-14-22;1-14(2,3)21-13(20)16-9(12(15)19)6-8-4-5-10(17)11(18)7-8/h6-15,17,23H,16H2,1-5H3,(H2,31,33)(H,32,36);4-5,7,9,17-18H,6H2,1-3H3,(H2,15,19)(H,16,20)/t23-;9-/m00/s1. The van der Waals surface area contributed by atoms with Crippen LogP contribution < -0.4 is 31.6 Å². The van der Waals surface area contributed by atoms with Crippen LogP contribution in [-0.4, -0.2) is 69.4 Å². The predicted molar refractivity (Wildman–Crippen MR) is 221 cm³/mol. The third kappa shape index (κ3) is 16.0. The highest BCUT2D eigenvalue weighted by atomic mass is 16.6. The second kappa shape index (κ2) is 20.5. The minimum Gasteiger partial charge on any atom is -0.504 e. The molecule has 0 saturated carbocycles. The van der Waals surface area contributed by atoms with E-state index in [2.05, 4.69) is 10.6 Å². The van der Waals surface area contributed by atoms with E-state index in [1.807, 2.05) is 13.8 Å². The summed E-state index contributed by atoms with van der Waals surface area (Å²) >= 11 is 0. The third-order valence-electron chi connectivity index (χ3n) is 7.98. The van der Waals surface area contributed by atoms with Gasteiger partial charge in [0.25, 0.3) is 0 Å². The second-order valence-corrected chi connectivity index (χ2v) is 15.7. The van der Waals surface area contributed by atoms with Gasteiger partial charge in [0, 0.05) is 12.8 Å². The zero-order valence-electron chi connectivity index (χ0n) is 34.8. The molecule has 16 heteroatoms. The van der Waals surface area contributed by atoms with Crippen LogP contribution in [0.15, 0.2) is 84.9 Å². The molecular formula is C44H52N4O12. The van der Waals surface area contributed by atoms with Gasteiger partial charge in [0.1, 0.15) is 23.3 Å². The van der Waals surface area contributed by atoms with Crippen molar-refractivity contribution in [1.82, 2.24) is 10.6 Å². The quantitative estimate of drug-likeness (QED) is 0.0573. The number of rotatable bonds is 12. The number of alkyl carbamates (subject to hydrolysis) is 2. The highest BCUT2D eigenvalue weighted by molar-refractivity contribution is 5.93. The Labute approximate surface area is 348 Å². The van der Waals surface area contributed by atoms with E-state index in [1.54, 1.807) is 96.1 Å². The minimum atomic E-state index is -1.11.